The highest BCUT2D eigenvalue weighted by Gasteiger charge is 2.33. The molecule has 35 heavy (non-hydrogen) atoms. The largest absolute Gasteiger partial charge is 0.352 e. The molecule has 12 heteroatoms. The van der Waals surface area contributed by atoms with Crippen LogP contribution in [0.3, 0.4) is 0 Å². The molecule has 2 rings (SSSR count). The molecule has 2 amide bonds. The number of anilines is 1. The van der Waals surface area contributed by atoms with Crippen LogP contribution in [-0.4, -0.2) is 50.0 Å². The summed E-state index contributed by atoms with van der Waals surface area (Å²) in [5.74, 6) is -1.01. The lowest BCUT2D eigenvalue weighted by Crippen LogP contribution is -2.53. The van der Waals surface area contributed by atoms with Crippen molar-refractivity contribution in [3.05, 3.63) is 62.1 Å². The molecule has 1 unspecified atom stereocenters. The molecule has 0 saturated carbocycles. The number of nitrogens with one attached hydrogen (secondary N) is 1. The summed E-state index contributed by atoms with van der Waals surface area (Å²) in [5.41, 5.74) is 0.561. The lowest BCUT2D eigenvalue weighted by molar-refractivity contribution is -0.140. The van der Waals surface area contributed by atoms with Crippen molar-refractivity contribution in [1.29, 1.82) is 0 Å². The molecular formula is C23H27Cl4N3O4S. The molecule has 192 valence electrons. The zero-order valence-electron chi connectivity index (χ0n) is 19.7. The van der Waals surface area contributed by atoms with Gasteiger partial charge in [0.1, 0.15) is 12.6 Å². The molecule has 0 spiro atoms. The first-order valence-corrected chi connectivity index (χ1v) is 14.1. The number of nitrogens with zero attached hydrogens (tertiary/aromatic N) is 2. The average molecular weight is 583 g/mol. The molecule has 0 fully saturated rings. The van der Waals surface area contributed by atoms with Crippen LogP contribution in [0.15, 0.2) is 36.4 Å². The Labute approximate surface area is 226 Å². The lowest BCUT2D eigenvalue weighted by atomic mass is 10.1. The topological polar surface area (TPSA) is 86.8 Å². The Morgan fingerprint density at radius 3 is 2.00 bits per heavy atom. The summed E-state index contributed by atoms with van der Waals surface area (Å²) in [6, 6.07) is 8.07. The van der Waals surface area contributed by atoms with Crippen LogP contribution in [0.2, 0.25) is 20.1 Å². The van der Waals surface area contributed by atoms with E-state index in [0.29, 0.717) is 15.6 Å². The molecule has 0 aliphatic rings. The highest BCUT2D eigenvalue weighted by atomic mass is 35.5. The van der Waals surface area contributed by atoms with E-state index in [9.17, 15) is 18.0 Å². The molecule has 0 aromatic heterocycles. The molecule has 7 nitrogen and oxygen atoms in total. The number of carbonyl (C=O) groups is 2. The van der Waals surface area contributed by atoms with Crippen LogP contribution >= 0.6 is 46.4 Å². The molecule has 1 atom stereocenters. The molecule has 0 saturated heterocycles. The van der Waals surface area contributed by atoms with E-state index >= 15 is 0 Å². The zero-order valence-corrected chi connectivity index (χ0v) is 23.5. The average Bonchev–Trinajstić information content (AvgIpc) is 2.71. The van der Waals surface area contributed by atoms with Gasteiger partial charge in [-0.2, -0.15) is 0 Å². The third-order valence-electron chi connectivity index (χ3n) is 5.02. The van der Waals surface area contributed by atoms with Crippen LogP contribution in [0.5, 0.6) is 0 Å². The van der Waals surface area contributed by atoms with Crippen LogP contribution in [-0.2, 0) is 26.2 Å². The van der Waals surface area contributed by atoms with Crippen molar-refractivity contribution in [3.8, 4) is 0 Å². The quantitative estimate of drug-likeness (QED) is 0.406. The smallest absolute Gasteiger partial charge is 0.244 e. The third kappa shape index (κ3) is 8.15. The van der Waals surface area contributed by atoms with Crippen LogP contribution in [0.4, 0.5) is 5.69 Å². The molecule has 0 aliphatic carbocycles. The van der Waals surface area contributed by atoms with Gasteiger partial charge < -0.3 is 10.2 Å². The van der Waals surface area contributed by atoms with E-state index in [2.05, 4.69) is 5.32 Å². The molecule has 0 bridgehead atoms. The van der Waals surface area contributed by atoms with E-state index < -0.39 is 28.5 Å². The van der Waals surface area contributed by atoms with Crippen LogP contribution in [0.25, 0.3) is 0 Å². The normalized spacial score (nSPS) is 12.4. The fourth-order valence-corrected chi connectivity index (χ4v) is 5.32. The molecule has 0 aliphatic heterocycles. The Morgan fingerprint density at radius 1 is 1.00 bits per heavy atom. The second kappa shape index (κ2) is 12.5. The number of carbonyl (C=O) groups excluding carboxylic acids is 2. The first-order valence-electron chi connectivity index (χ1n) is 10.7. The lowest BCUT2D eigenvalue weighted by Gasteiger charge is -2.33. The van der Waals surface area contributed by atoms with E-state index in [1.807, 2.05) is 0 Å². The van der Waals surface area contributed by atoms with Crippen molar-refractivity contribution in [3.63, 3.8) is 0 Å². The summed E-state index contributed by atoms with van der Waals surface area (Å²) >= 11 is 24.8. The van der Waals surface area contributed by atoms with Crippen molar-refractivity contribution in [2.24, 2.45) is 0 Å². The van der Waals surface area contributed by atoms with Crippen LogP contribution in [0.1, 0.15) is 32.8 Å². The van der Waals surface area contributed by atoms with E-state index in [0.717, 1.165) is 10.6 Å². The van der Waals surface area contributed by atoms with Crippen molar-refractivity contribution in [1.82, 2.24) is 10.2 Å². The van der Waals surface area contributed by atoms with E-state index in [1.54, 1.807) is 39.0 Å². The minimum absolute atomic E-state index is 0.102. The van der Waals surface area contributed by atoms with Gasteiger partial charge >= 0.3 is 0 Å². The number of hydrogen-bond acceptors (Lipinski definition) is 4. The molecule has 0 radical (unpaired) electrons. The minimum Gasteiger partial charge on any atom is -0.352 e. The van der Waals surface area contributed by atoms with Gasteiger partial charge in [-0.25, -0.2) is 8.42 Å². The van der Waals surface area contributed by atoms with Gasteiger partial charge in [-0.3, -0.25) is 13.9 Å². The van der Waals surface area contributed by atoms with Gasteiger partial charge in [0.25, 0.3) is 0 Å². The minimum atomic E-state index is -3.93. The van der Waals surface area contributed by atoms with Gasteiger partial charge in [-0.15, -0.1) is 0 Å². The molecule has 2 aromatic rings. The summed E-state index contributed by atoms with van der Waals surface area (Å²) in [6.07, 6.45) is 1.24. The Hall–Kier alpha value is -1.71. The second-order valence-electron chi connectivity index (χ2n) is 8.21. The molecular weight excluding hydrogens is 556 g/mol. The summed E-state index contributed by atoms with van der Waals surface area (Å²) < 4.78 is 26.2. The maximum absolute atomic E-state index is 13.6. The van der Waals surface area contributed by atoms with Gasteiger partial charge in [-0.1, -0.05) is 59.4 Å². The van der Waals surface area contributed by atoms with Crippen molar-refractivity contribution >= 4 is 73.9 Å². The first kappa shape index (κ1) is 29.5. The Morgan fingerprint density at radius 2 is 1.54 bits per heavy atom. The van der Waals surface area contributed by atoms with Crippen LogP contribution < -0.4 is 9.62 Å². The predicted molar refractivity (Wildman–Crippen MR) is 143 cm³/mol. The molecule has 0 heterocycles. The van der Waals surface area contributed by atoms with Gasteiger partial charge in [0, 0.05) is 38.2 Å². The number of rotatable bonds is 10. The van der Waals surface area contributed by atoms with Gasteiger partial charge in [0.2, 0.25) is 21.8 Å². The number of sulfonamides is 1. The van der Waals surface area contributed by atoms with Crippen molar-refractivity contribution in [2.75, 3.05) is 17.1 Å². The van der Waals surface area contributed by atoms with Crippen LogP contribution in [0, 0.1) is 0 Å². The van der Waals surface area contributed by atoms with Crippen molar-refractivity contribution in [2.45, 2.75) is 45.8 Å². The van der Waals surface area contributed by atoms with E-state index in [4.69, 9.17) is 46.4 Å². The third-order valence-corrected chi connectivity index (χ3v) is 7.31. The number of benzene rings is 2. The molecule has 1 N–H and O–H groups in total. The zero-order chi connectivity index (χ0) is 26.5. The highest BCUT2D eigenvalue weighted by molar-refractivity contribution is 7.92. The maximum Gasteiger partial charge on any atom is 0.244 e. The van der Waals surface area contributed by atoms with Gasteiger partial charge in [-0.05, 0) is 50.6 Å². The Kier molecular flexibility index (Phi) is 10.5. The number of amides is 2. The van der Waals surface area contributed by atoms with E-state index in [1.165, 1.54) is 23.1 Å². The fraction of sp³-hybridized carbons (Fsp3) is 0.391. The summed E-state index contributed by atoms with van der Waals surface area (Å²) in [4.78, 5) is 27.9. The Bertz CT molecular complexity index is 1150. The highest BCUT2D eigenvalue weighted by Crippen LogP contribution is 2.29. The standard InChI is InChI=1S/C23H27Cl4N3O4S/c1-5-21(23(32)28-14(2)3)29(12-18-19(26)7-6-8-20(18)27)22(31)13-30(35(4,33)34)17-10-15(24)9-16(25)11-17/h6-11,14,21H,5,12-13H2,1-4H3,(H,28,32). The fourth-order valence-electron chi connectivity index (χ4n) is 3.45. The predicted octanol–water partition coefficient (Wildman–Crippen LogP) is 5.40. The van der Waals surface area contributed by atoms with Gasteiger partial charge in [0.15, 0.2) is 0 Å². The first-order chi connectivity index (χ1) is 16.2. The summed E-state index contributed by atoms with van der Waals surface area (Å²) in [5, 5.41) is 3.85. The number of halogens is 4. The summed E-state index contributed by atoms with van der Waals surface area (Å²) in [7, 11) is -3.93. The van der Waals surface area contributed by atoms with E-state index in [-0.39, 0.29) is 40.6 Å². The maximum atomic E-state index is 13.6. The Balaban J connectivity index is 2.54. The molecule has 2 aromatic carbocycles. The van der Waals surface area contributed by atoms with Gasteiger partial charge in [0.05, 0.1) is 11.9 Å². The number of hydrogen-bond donors (Lipinski definition) is 1. The monoisotopic (exact) mass is 581 g/mol. The summed E-state index contributed by atoms with van der Waals surface area (Å²) in [6.45, 7) is 4.66. The second-order valence-corrected chi connectivity index (χ2v) is 11.8. The van der Waals surface area contributed by atoms with Crippen molar-refractivity contribution < 1.29 is 18.0 Å². The SMILES string of the molecule is CCC(C(=O)NC(C)C)N(Cc1c(Cl)cccc1Cl)C(=O)CN(c1cc(Cl)cc(Cl)c1)S(C)(=O)=O.